The first-order valence-corrected chi connectivity index (χ1v) is 11.8. The number of unbranched alkanes of at least 4 members (excludes halogenated alkanes) is 1. The molecular formula is C28H24ClNO4. The van der Waals surface area contributed by atoms with Crippen molar-refractivity contribution in [2.75, 3.05) is 11.5 Å². The number of aryl methyl sites for hydroxylation is 1. The first kappa shape index (κ1) is 22.2. The molecule has 0 bridgehead atoms. The van der Waals surface area contributed by atoms with Crippen molar-refractivity contribution in [1.29, 1.82) is 0 Å². The number of fused-ring (bicyclic) bond motifs is 2. The van der Waals surface area contributed by atoms with Crippen LogP contribution in [0.2, 0.25) is 5.02 Å². The minimum atomic E-state index is -0.670. The van der Waals surface area contributed by atoms with E-state index in [4.69, 9.17) is 20.8 Å². The van der Waals surface area contributed by atoms with E-state index >= 15 is 0 Å². The molecule has 5 nitrogen and oxygen atoms in total. The normalized spacial score (nSPS) is 15.1. The highest BCUT2D eigenvalue weighted by Gasteiger charge is 2.43. The number of hydrogen-bond donors (Lipinski definition) is 0. The number of halogens is 1. The summed E-state index contributed by atoms with van der Waals surface area (Å²) in [6.45, 7) is 4.61. The summed E-state index contributed by atoms with van der Waals surface area (Å²) in [7, 11) is 0. The minimum Gasteiger partial charge on any atom is -0.494 e. The maximum atomic E-state index is 13.7. The van der Waals surface area contributed by atoms with Gasteiger partial charge in [-0.15, -0.1) is 0 Å². The molecule has 1 aliphatic rings. The van der Waals surface area contributed by atoms with Crippen molar-refractivity contribution in [3.63, 3.8) is 0 Å². The Labute approximate surface area is 202 Å². The number of nitrogens with zero attached hydrogens (tertiary/aromatic N) is 1. The van der Waals surface area contributed by atoms with Gasteiger partial charge in [-0.3, -0.25) is 14.5 Å². The molecule has 1 unspecified atom stereocenters. The van der Waals surface area contributed by atoms with Gasteiger partial charge in [0.15, 0.2) is 5.43 Å². The van der Waals surface area contributed by atoms with E-state index in [2.05, 4.69) is 6.92 Å². The van der Waals surface area contributed by atoms with E-state index in [0.717, 1.165) is 24.0 Å². The zero-order valence-corrected chi connectivity index (χ0v) is 19.8. The number of amides is 1. The van der Waals surface area contributed by atoms with Crippen LogP contribution in [-0.4, -0.2) is 12.5 Å². The third-order valence-electron chi connectivity index (χ3n) is 6.15. The SMILES string of the molecule is CCCCOc1cccc(C2c3c(oc4ccccc4c3=O)C(=O)N2c2ccc(C)c(Cl)c2)c1. The standard InChI is InChI=1S/C28H24ClNO4/c1-3-4-14-33-20-9-7-8-18(15-20)25-24-26(31)21-10-5-6-11-23(21)34-27(24)28(32)30(25)19-13-12-17(2)22(29)16-19/h5-13,15-16,25H,3-4,14H2,1-2H3. The molecule has 1 aliphatic heterocycles. The summed E-state index contributed by atoms with van der Waals surface area (Å²) in [6, 6.07) is 19.3. The predicted molar refractivity (Wildman–Crippen MR) is 134 cm³/mol. The van der Waals surface area contributed by atoms with Crippen LogP contribution >= 0.6 is 11.6 Å². The second-order valence-corrected chi connectivity index (χ2v) is 8.86. The Hall–Kier alpha value is -3.57. The van der Waals surface area contributed by atoms with Crippen molar-refractivity contribution in [3.8, 4) is 5.75 Å². The van der Waals surface area contributed by atoms with Crippen molar-refractivity contribution in [1.82, 2.24) is 0 Å². The summed E-state index contributed by atoms with van der Waals surface area (Å²) >= 11 is 6.41. The van der Waals surface area contributed by atoms with Gasteiger partial charge in [-0.05, 0) is 60.9 Å². The fourth-order valence-electron chi connectivity index (χ4n) is 4.34. The molecule has 0 saturated heterocycles. The number of rotatable bonds is 6. The summed E-state index contributed by atoms with van der Waals surface area (Å²) in [6.07, 6.45) is 1.97. The monoisotopic (exact) mass is 473 g/mol. The van der Waals surface area contributed by atoms with E-state index in [-0.39, 0.29) is 17.1 Å². The predicted octanol–water partition coefficient (Wildman–Crippen LogP) is 6.68. The lowest BCUT2D eigenvalue weighted by Gasteiger charge is -2.26. The average molecular weight is 474 g/mol. The average Bonchev–Trinajstić information content (AvgIpc) is 3.14. The van der Waals surface area contributed by atoms with Crippen LogP contribution in [0.4, 0.5) is 5.69 Å². The molecule has 34 heavy (non-hydrogen) atoms. The van der Waals surface area contributed by atoms with Crippen molar-refractivity contribution in [2.45, 2.75) is 32.7 Å². The largest absolute Gasteiger partial charge is 0.494 e. The Morgan fingerprint density at radius 3 is 2.65 bits per heavy atom. The van der Waals surface area contributed by atoms with Gasteiger partial charge < -0.3 is 9.15 Å². The maximum absolute atomic E-state index is 13.7. The molecule has 4 aromatic rings. The highest BCUT2D eigenvalue weighted by molar-refractivity contribution is 6.31. The van der Waals surface area contributed by atoms with Gasteiger partial charge in [0.05, 0.1) is 23.6 Å². The van der Waals surface area contributed by atoms with Crippen molar-refractivity contribution in [3.05, 3.63) is 104 Å². The second-order valence-electron chi connectivity index (χ2n) is 8.46. The molecule has 1 atom stereocenters. The minimum absolute atomic E-state index is 0.0581. The van der Waals surface area contributed by atoms with Crippen LogP contribution < -0.4 is 15.1 Å². The number of ether oxygens (including phenoxy) is 1. The lowest BCUT2D eigenvalue weighted by molar-refractivity contribution is 0.0971. The Morgan fingerprint density at radius 1 is 1.03 bits per heavy atom. The van der Waals surface area contributed by atoms with E-state index in [1.165, 1.54) is 0 Å². The highest BCUT2D eigenvalue weighted by Crippen LogP contribution is 2.42. The topological polar surface area (TPSA) is 59.8 Å². The molecule has 5 rings (SSSR count). The van der Waals surface area contributed by atoms with Gasteiger partial charge in [0, 0.05) is 10.7 Å². The fourth-order valence-corrected chi connectivity index (χ4v) is 4.52. The molecule has 0 fully saturated rings. The first-order valence-electron chi connectivity index (χ1n) is 11.4. The highest BCUT2D eigenvalue weighted by atomic mass is 35.5. The molecule has 2 heterocycles. The Bertz CT molecular complexity index is 1460. The van der Waals surface area contributed by atoms with Gasteiger partial charge in [-0.2, -0.15) is 0 Å². The van der Waals surface area contributed by atoms with E-state index < -0.39 is 6.04 Å². The molecule has 6 heteroatoms. The zero-order valence-electron chi connectivity index (χ0n) is 19.0. The van der Waals surface area contributed by atoms with Crippen molar-refractivity contribution < 1.29 is 13.9 Å². The number of carbonyl (C=O) groups excluding carboxylic acids is 1. The van der Waals surface area contributed by atoms with Gasteiger partial charge in [0.25, 0.3) is 5.91 Å². The fraction of sp³-hybridized carbons (Fsp3) is 0.214. The van der Waals surface area contributed by atoms with Crippen LogP contribution in [0.5, 0.6) is 5.75 Å². The Kier molecular flexibility index (Phi) is 5.88. The van der Waals surface area contributed by atoms with E-state index in [9.17, 15) is 9.59 Å². The van der Waals surface area contributed by atoms with Crippen LogP contribution in [0.25, 0.3) is 11.0 Å². The Balaban J connectivity index is 1.71. The van der Waals surface area contributed by atoms with Crippen LogP contribution in [0.3, 0.4) is 0 Å². The molecule has 0 N–H and O–H groups in total. The molecule has 3 aromatic carbocycles. The zero-order chi connectivity index (χ0) is 23.8. The molecule has 0 saturated carbocycles. The Morgan fingerprint density at radius 2 is 1.85 bits per heavy atom. The molecule has 0 aliphatic carbocycles. The van der Waals surface area contributed by atoms with Crippen LogP contribution in [0, 0.1) is 6.92 Å². The number of para-hydroxylation sites is 1. The molecule has 0 spiro atoms. The lowest BCUT2D eigenvalue weighted by atomic mass is 9.98. The molecule has 172 valence electrons. The number of anilines is 1. The van der Waals surface area contributed by atoms with Gasteiger partial charge in [-0.25, -0.2) is 0 Å². The number of benzene rings is 3. The third-order valence-corrected chi connectivity index (χ3v) is 6.56. The molecule has 1 amide bonds. The van der Waals surface area contributed by atoms with Gasteiger partial charge >= 0.3 is 0 Å². The lowest BCUT2D eigenvalue weighted by Crippen LogP contribution is -2.29. The van der Waals surface area contributed by atoms with Gasteiger partial charge in [-0.1, -0.05) is 55.3 Å². The number of hydrogen-bond acceptors (Lipinski definition) is 4. The van der Waals surface area contributed by atoms with Gasteiger partial charge in [0.1, 0.15) is 11.3 Å². The summed E-state index contributed by atoms with van der Waals surface area (Å²) in [4.78, 5) is 28.9. The smallest absolute Gasteiger partial charge is 0.295 e. The number of carbonyl (C=O) groups is 1. The molecule has 1 aromatic heterocycles. The van der Waals surface area contributed by atoms with Gasteiger partial charge in [0.2, 0.25) is 5.76 Å². The summed E-state index contributed by atoms with van der Waals surface area (Å²) in [5.74, 6) is 0.377. The molecule has 0 radical (unpaired) electrons. The van der Waals surface area contributed by atoms with Crippen LogP contribution in [0.15, 0.2) is 75.9 Å². The van der Waals surface area contributed by atoms with E-state index in [0.29, 0.717) is 39.6 Å². The first-order chi connectivity index (χ1) is 16.5. The maximum Gasteiger partial charge on any atom is 0.295 e. The summed E-state index contributed by atoms with van der Waals surface area (Å²) in [5.41, 5.74) is 2.76. The van der Waals surface area contributed by atoms with E-state index in [1.807, 2.05) is 43.3 Å². The second kappa shape index (κ2) is 8.99. The van der Waals surface area contributed by atoms with Crippen molar-refractivity contribution in [2.24, 2.45) is 0 Å². The van der Waals surface area contributed by atoms with Crippen molar-refractivity contribution >= 4 is 34.2 Å². The third kappa shape index (κ3) is 3.76. The summed E-state index contributed by atoms with van der Waals surface area (Å²) in [5, 5.41) is 0.985. The van der Waals surface area contributed by atoms with E-state index in [1.54, 1.807) is 35.2 Å². The van der Waals surface area contributed by atoms with Crippen LogP contribution in [-0.2, 0) is 0 Å². The quantitative estimate of drug-likeness (QED) is 0.293. The summed E-state index contributed by atoms with van der Waals surface area (Å²) < 4.78 is 11.9. The van der Waals surface area contributed by atoms with Crippen LogP contribution in [0.1, 0.15) is 53.1 Å². The molecular weight excluding hydrogens is 450 g/mol.